The minimum Gasteiger partial charge on any atom is -0.325 e. The van der Waals surface area contributed by atoms with E-state index in [2.05, 4.69) is 26.2 Å². The lowest BCUT2D eigenvalue weighted by molar-refractivity contribution is -0.118. The van der Waals surface area contributed by atoms with Gasteiger partial charge in [0.2, 0.25) is 5.91 Å². The molecule has 120 valence electrons. The molecular weight excluding hydrogens is 366 g/mol. The smallest absolute Gasteiger partial charge is 0.235 e. The second kappa shape index (κ2) is 5.91. The summed E-state index contributed by atoms with van der Waals surface area (Å²) in [6, 6.07) is 15.8. The highest BCUT2D eigenvalue weighted by Gasteiger charge is 2.51. The molecule has 1 N–H and O–H groups in total. The lowest BCUT2D eigenvalue weighted by Crippen LogP contribution is -2.27. The largest absolute Gasteiger partial charge is 0.325 e. The first kappa shape index (κ1) is 15.1. The van der Waals surface area contributed by atoms with E-state index in [1.54, 1.807) is 12.5 Å². The molecule has 2 aromatic carbocycles. The van der Waals surface area contributed by atoms with Crippen molar-refractivity contribution in [2.24, 2.45) is 0 Å². The van der Waals surface area contributed by atoms with E-state index < -0.39 is 0 Å². The van der Waals surface area contributed by atoms with Crippen molar-refractivity contribution >= 4 is 27.5 Å². The molecule has 1 saturated carbocycles. The molecule has 5 heteroatoms. The van der Waals surface area contributed by atoms with Gasteiger partial charge in [-0.05, 0) is 54.8 Å². The van der Waals surface area contributed by atoms with Gasteiger partial charge in [-0.15, -0.1) is 0 Å². The van der Waals surface area contributed by atoms with Gasteiger partial charge in [-0.2, -0.15) is 0 Å². The van der Waals surface area contributed by atoms with E-state index >= 15 is 0 Å². The average molecular weight is 382 g/mol. The predicted molar refractivity (Wildman–Crippen MR) is 97.2 cm³/mol. The Kier molecular flexibility index (Phi) is 3.73. The molecule has 0 spiro atoms. The van der Waals surface area contributed by atoms with Crippen molar-refractivity contribution in [3.8, 4) is 5.69 Å². The number of imidazole rings is 1. The number of nitrogens with one attached hydrogen (secondary N) is 1. The molecule has 4 rings (SSSR count). The normalized spacial score (nSPS) is 15.0. The number of anilines is 1. The van der Waals surface area contributed by atoms with Gasteiger partial charge in [0.25, 0.3) is 0 Å². The van der Waals surface area contributed by atoms with Crippen LogP contribution in [-0.4, -0.2) is 15.5 Å². The maximum absolute atomic E-state index is 12.8. The van der Waals surface area contributed by atoms with Crippen molar-refractivity contribution in [1.82, 2.24) is 9.55 Å². The molecule has 0 radical (unpaired) electrons. The standard InChI is InChI=1S/C19H16BrN3O/c20-15-3-1-14(2-4-15)19(9-10-19)18(24)22-16-5-7-17(8-6-16)23-12-11-21-13-23/h1-8,11-13H,9-10H2,(H,22,24). The summed E-state index contributed by atoms with van der Waals surface area (Å²) in [5, 5.41) is 3.05. The van der Waals surface area contributed by atoms with Crippen LogP contribution in [0, 0.1) is 0 Å². The number of benzene rings is 2. The molecule has 1 amide bonds. The second-order valence-corrected chi connectivity index (χ2v) is 6.98. The maximum Gasteiger partial charge on any atom is 0.235 e. The Morgan fingerprint density at radius 3 is 2.38 bits per heavy atom. The number of hydrogen-bond acceptors (Lipinski definition) is 2. The second-order valence-electron chi connectivity index (χ2n) is 6.06. The van der Waals surface area contributed by atoms with Crippen LogP contribution in [0.15, 0.2) is 71.7 Å². The van der Waals surface area contributed by atoms with Crippen LogP contribution in [0.5, 0.6) is 0 Å². The topological polar surface area (TPSA) is 46.9 Å². The van der Waals surface area contributed by atoms with Crippen molar-refractivity contribution in [2.75, 3.05) is 5.32 Å². The molecule has 4 nitrogen and oxygen atoms in total. The first-order valence-corrected chi connectivity index (χ1v) is 8.63. The van der Waals surface area contributed by atoms with Crippen LogP contribution in [0.3, 0.4) is 0 Å². The van der Waals surface area contributed by atoms with Crippen molar-refractivity contribution in [2.45, 2.75) is 18.3 Å². The maximum atomic E-state index is 12.8. The first-order chi connectivity index (χ1) is 11.7. The fourth-order valence-electron chi connectivity index (χ4n) is 2.92. The van der Waals surface area contributed by atoms with Crippen molar-refractivity contribution in [3.63, 3.8) is 0 Å². The summed E-state index contributed by atoms with van der Waals surface area (Å²) in [5.41, 5.74) is 2.54. The molecule has 1 aliphatic rings. The summed E-state index contributed by atoms with van der Waals surface area (Å²) in [6.07, 6.45) is 7.17. The third kappa shape index (κ3) is 2.76. The Labute approximate surface area is 148 Å². The van der Waals surface area contributed by atoms with E-state index in [0.29, 0.717) is 0 Å². The van der Waals surface area contributed by atoms with Crippen LogP contribution in [0.25, 0.3) is 5.69 Å². The number of nitrogens with zero attached hydrogens (tertiary/aromatic N) is 2. The lowest BCUT2D eigenvalue weighted by atomic mass is 9.95. The van der Waals surface area contributed by atoms with Crippen LogP contribution in [0.2, 0.25) is 0 Å². The summed E-state index contributed by atoms with van der Waals surface area (Å²) in [4.78, 5) is 16.8. The summed E-state index contributed by atoms with van der Waals surface area (Å²) in [7, 11) is 0. The van der Waals surface area contributed by atoms with E-state index in [-0.39, 0.29) is 11.3 Å². The molecule has 24 heavy (non-hydrogen) atoms. The molecule has 0 bridgehead atoms. The fourth-order valence-corrected chi connectivity index (χ4v) is 3.18. The van der Waals surface area contributed by atoms with Gasteiger partial charge < -0.3 is 9.88 Å². The fraction of sp³-hybridized carbons (Fsp3) is 0.158. The first-order valence-electron chi connectivity index (χ1n) is 7.83. The molecule has 1 aromatic heterocycles. The number of amides is 1. The minimum atomic E-state index is -0.371. The van der Waals surface area contributed by atoms with E-state index in [0.717, 1.165) is 34.3 Å². The molecule has 1 fully saturated rings. The number of halogens is 1. The highest BCUT2D eigenvalue weighted by Crippen LogP contribution is 2.49. The average Bonchev–Trinajstić information content (AvgIpc) is 3.23. The summed E-state index contributed by atoms with van der Waals surface area (Å²) in [5.74, 6) is 0.0696. The predicted octanol–water partition coefficient (Wildman–Crippen LogP) is 4.31. The van der Waals surface area contributed by atoms with Crippen molar-refractivity contribution in [3.05, 3.63) is 77.3 Å². The zero-order valence-corrected chi connectivity index (χ0v) is 14.5. The van der Waals surface area contributed by atoms with Crippen LogP contribution in [-0.2, 0) is 10.2 Å². The monoisotopic (exact) mass is 381 g/mol. The van der Waals surface area contributed by atoms with Crippen LogP contribution < -0.4 is 5.32 Å². The Hall–Kier alpha value is -2.40. The Morgan fingerprint density at radius 1 is 1.08 bits per heavy atom. The molecule has 1 aliphatic carbocycles. The zero-order chi connectivity index (χ0) is 16.6. The molecule has 3 aromatic rings. The van der Waals surface area contributed by atoms with Crippen molar-refractivity contribution < 1.29 is 4.79 Å². The number of carbonyl (C=O) groups is 1. The zero-order valence-electron chi connectivity index (χ0n) is 12.9. The van der Waals surface area contributed by atoms with Gasteiger partial charge in [-0.3, -0.25) is 4.79 Å². The number of carbonyl (C=O) groups excluding carboxylic acids is 1. The van der Waals surface area contributed by atoms with Gasteiger partial charge in [-0.1, -0.05) is 28.1 Å². The third-order valence-electron chi connectivity index (χ3n) is 4.51. The summed E-state index contributed by atoms with van der Waals surface area (Å²) in [6.45, 7) is 0. The molecule has 0 saturated heterocycles. The van der Waals surface area contributed by atoms with Crippen LogP contribution in [0.4, 0.5) is 5.69 Å². The summed E-state index contributed by atoms with van der Waals surface area (Å²) >= 11 is 3.44. The number of hydrogen-bond donors (Lipinski definition) is 1. The molecule has 0 unspecified atom stereocenters. The highest BCUT2D eigenvalue weighted by molar-refractivity contribution is 9.10. The number of aromatic nitrogens is 2. The highest BCUT2D eigenvalue weighted by atomic mass is 79.9. The molecule has 0 aliphatic heterocycles. The van der Waals surface area contributed by atoms with Gasteiger partial charge in [0.1, 0.15) is 0 Å². The molecular formula is C19H16BrN3O. The number of rotatable bonds is 4. The lowest BCUT2D eigenvalue weighted by Gasteiger charge is -2.16. The van der Waals surface area contributed by atoms with Crippen LogP contribution in [0.1, 0.15) is 18.4 Å². The van der Waals surface area contributed by atoms with Gasteiger partial charge in [0, 0.05) is 28.2 Å². The Bertz CT molecular complexity index is 851. The van der Waals surface area contributed by atoms with Crippen LogP contribution >= 0.6 is 15.9 Å². The van der Waals surface area contributed by atoms with Gasteiger partial charge in [-0.25, -0.2) is 4.98 Å². The molecule has 1 heterocycles. The van der Waals surface area contributed by atoms with Gasteiger partial charge in [0.15, 0.2) is 0 Å². The van der Waals surface area contributed by atoms with E-state index in [4.69, 9.17) is 0 Å². The van der Waals surface area contributed by atoms with Gasteiger partial charge >= 0.3 is 0 Å². The van der Waals surface area contributed by atoms with Gasteiger partial charge in [0.05, 0.1) is 11.7 Å². The quantitative estimate of drug-likeness (QED) is 0.731. The Balaban J connectivity index is 1.51. The third-order valence-corrected chi connectivity index (χ3v) is 5.04. The van der Waals surface area contributed by atoms with E-state index in [9.17, 15) is 4.79 Å². The van der Waals surface area contributed by atoms with Crippen molar-refractivity contribution in [1.29, 1.82) is 0 Å². The summed E-state index contributed by atoms with van der Waals surface area (Å²) < 4.78 is 2.95. The molecule has 0 atom stereocenters. The van der Waals surface area contributed by atoms with E-state index in [1.165, 1.54) is 0 Å². The SMILES string of the molecule is O=C(Nc1ccc(-n2ccnc2)cc1)C1(c2ccc(Br)cc2)CC1. The van der Waals surface area contributed by atoms with E-state index in [1.807, 2.05) is 59.3 Å². The Morgan fingerprint density at radius 2 is 1.79 bits per heavy atom. The minimum absolute atomic E-state index is 0.0696.